The van der Waals surface area contributed by atoms with Crippen molar-refractivity contribution in [1.82, 2.24) is 19.2 Å². The summed E-state index contributed by atoms with van der Waals surface area (Å²) >= 11 is 0. The Balaban J connectivity index is 0.00000147. The zero-order chi connectivity index (χ0) is 13.6. The Labute approximate surface area is 126 Å². The first-order valence-corrected chi connectivity index (χ1v) is 8.24. The highest BCUT2D eigenvalue weighted by molar-refractivity contribution is 7.89. The molecule has 8 heteroatoms. The standard InChI is InChI=1S/C12H20N4O2S.ClH/c1-9-8-16(10(2)6-13-9)19(17,18)12-7-14-11-4-3-5-15(11)12;/h7,9-10,13H,3-6,8H2,1-2H3;1H. The minimum Gasteiger partial charge on any atom is -0.318 e. The van der Waals surface area contributed by atoms with Gasteiger partial charge in [-0.05, 0) is 20.3 Å². The summed E-state index contributed by atoms with van der Waals surface area (Å²) in [6.45, 7) is 5.93. The van der Waals surface area contributed by atoms with Gasteiger partial charge in [0.2, 0.25) is 0 Å². The highest BCUT2D eigenvalue weighted by Crippen LogP contribution is 2.25. The number of imidazole rings is 1. The van der Waals surface area contributed by atoms with Gasteiger partial charge < -0.3 is 9.88 Å². The molecule has 0 radical (unpaired) electrons. The molecule has 1 aromatic heterocycles. The predicted molar refractivity (Wildman–Crippen MR) is 78.6 cm³/mol. The van der Waals surface area contributed by atoms with Crippen LogP contribution in [0.2, 0.25) is 0 Å². The second-order valence-corrected chi connectivity index (χ2v) is 7.34. The summed E-state index contributed by atoms with van der Waals surface area (Å²) in [6.07, 6.45) is 3.38. The van der Waals surface area contributed by atoms with Crippen molar-refractivity contribution in [3.63, 3.8) is 0 Å². The van der Waals surface area contributed by atoms with Crippen molar-refractivity contribution in [3.05, 3.63) is 12.0 Å². The Bertz CT molecular complexity index is 586. The van der Waals surface area contributed by atoms with E-state index in [4.69, 9.17) is 0 Å². The smallest absolute Gasteiger partial charge is 0.260 e. The predicted octanol–water partition coefficient (Wildman–Crippen LogP) is 0.622. The number of nitrogens with zero attached hydrogens (tertiary/aromatic N) is 3. The monoisotopic (exact) mass is 320 g/mol. The molecule has 0 amide bonds. The molecule has 2 aliphatic rings. The Kier molecular flexibility index (Phi) is 4.44. The molecule has 6 nitrogen and oxygen atoms in total. The lowest BCUT2D eigenvalue weighted by Gasteiger charge is -2.36. The molecule has 0 saturated carbocycles. The SMILES string of the molecule is CC1CN(S(=O)(=O)c2cnc3n2CCC3)C(C)CN1.Cl. The van der Waals surface area contributed by atoms with Crippen LogP contribution in [0.5, 0.6) is 0 Å². The molecule has 3 rings (SSSR count). The molecule has 0 spiro atoms. The van der Waals surface area contributed by atoms with Gasteiger partial charge in [-0.2, -0.15) is 4.31 Å². The summed E-state index contributed by atoms with van der Waals surface area (Å²) in [5.41, 5.74) is 0. The molecule has 2 aliphatic heterocycles. The lowest BCUT2D eigenvalue weighted by Crippen LogP contribution is -2.56. The fourth-order valence-corrected chi connectivity index (χ4v) is 4.75. The number of hydrogen-bond donors (Lipinski definition) is 1. The molecule has 1 N–H and O–H groups in total. The molecule has 1 aromatic rings. The van der Waals surface area contributed by atoms with Gasteiger partial charge in [-0.1, -0.05) is 0 Å². The van der Waals surface area contributed by atoms with Gasteiger partial charge in [0, 0.05) is 38.1 Å². The third-order valence-electron chi connectivity index (χ3n) is 3.96. The van der Waals surface area contributed by atoms with E-state index < -0.39 is 10.0 Å². The molecule has 0 aliphatic carbocycles. The van der Waals surface area contributed by atoms with Gasteiger partial charge in [-0.3, -0.25) is 0 Å². The third kappa shape index (κ3) is 2.47. The van der Waals surface area contributed by atoms with Crippen molar-refractivity contribution in [2.24, 2.45) is 0 Å². The number of sulfonamides is 1. The number of rotatable bonds is 2. The van der Waals surface area contributed by atoms with E-state index >= 15 is 0 Å². The molecular formula is C12H21ClN4O2S. The molecule has 3 heterocycles. The van der Waals surface area contributed by atoms with Gasteiger partial charge >= 0.3 is 0 Å². The average Bonchev–Trinajstić information content (AvgIpc) is 2.93. The topological polar surface area (TPSA) is 67.2 Å². The maximum absolute atomic E-state index is 12.8. The van der Waals surface area contributed by atoms with E-state index in [-0.39, 0.29) is 24.5 Å². The van der Waals surface area contributed by atoms with Gasteiger partial charge in [0.15, 0.2) is 5.03 Å². The summed E-state index contributed by atoms with van der Waals surface area (Å²) in [5.74, 6) is 0.898. The fourth-order valence-electron chi connectivity index (χ4n) is 2.88. The first-order chi connectivity index (χ1) is 9.00. The summed E-state index contributed by atoms with van der Waals surface area (Å²) in [5, 5.41) is 3.66. The number of aryl methyl sites for hydroxylation is 1. The molecule has 2 atom stereocenters. The maximum Gasteiger partial charge on any atom is 0.260 e. The fraction of sp³-hybridized carbons (Fsp3) is 0.750. The molecule has 0 bridgehead atoms. The van der Waals surface area contributed by atoms with Gasteiger partial charge in [-0.15, -0.1) is 12.4 Å². The van der Waals surface area contributed by atoms with Crippen molar-refractivity contribution < 1.29 is 8.42 Å². The van der Waals surface area contributed by atoms with E-state index in [2.05, 4.69) is 10.3 Å². The van der Waals surface area contributed by atoms with Crippen LogP contribution in [0.25, 0.3) is 0 Å². The Hall–Kier alpha value is -0.630. The quantitative estimate of drug-likeness (QED) is 0.867. The Morgan fingerprint density at radius 2 is 2.15 bits per heavy atom. The molecule has 1 fully saturated rings. The van der Waals surface area contributed by atoms with E-state index in [9.17, 15) is 8.42 Å². The van der Waals surface area contributed by atoms with Crippen molar-refractivity contribution in [3.8, 4) is 0 Å². The molecule has 1 saturated heterocycles. The van der Waals surface area contributed by atoms with E-state index in [0.29, 0.717) is 18.1 Å². The van der Waals surface area contributed by atoms with Crippen LogP contribution in [0.15, 0.2) is 11.2 Å². The normalized spacial score (nSPS) is 27.1. The third-order valence-corrected chi connectivity index (χ3v) is 5.94. The van der Waals surface area contributed by atoms with Crippen molar-refractivity contribution in [2.75, 3.05) is 13.1 Å². The van der Waals surface area contributed by atoms with Crippen LogP contribution < -0.4 is 5.32 Å². The minimum absolute atomic E-state index is 0. The van der Waals surface area contributed by atoms with Gasteiger partial charge in [0.1, 0.15) is 5.82 Å². The molecule has 20 heavy (non-hydrogen) atoms. The van der Waals surface area contributed by atoms with Crippen molar-refractivity contribution >= 4 is 22.4 Å². The summed E-state index contributed by atoms with van der Waals surface area (Å²) in [4.78, 5) is 4.24. The minimum atomic E-state index is -3.43. The number of aromatic nitrogens is 2. The molecule has 0 aromatic carbocycles. The summed E-state index contributed by atoms with van der Waals surface area (Å²) < 4.78 is 29.1. The van der Waals surface area contributed by atoms with Crippen LogP contribution in [0.1, 0.15) is 26.1 Å². The van der Waals surface area contributed by atoms with Gasteiger partial charge in [0.25, 0.3) is 10.0 Å². The van der Waals surface area contributed by atoms with Crippen LogP contribution in [0.3, 0.4) is 0 Å². The average molecular weight is 321 g/mol. The zero-order valence-corrected chi connectivity index (χ0v) is 13.4. The number of fused-ring (bicyclic) bond motifs is 1. The number of piperazine rings is 1. The number of halogens is 1. The van der Waals surface area contributed by atoms with Gasteiger partial charge in [-0.25, -0.2) is 13.4 Å². The maximum atomic E-state index is 12.8. The highest BCUT2D eigenvalue weighted by Gasteiger charge is 2.36. The summed E-state index contributed by atoms with van der Waals surface area (Å²) in [6, 6.07) is 0.167. The van der Waals surface area contributed by atoms with Crippen LogP contribution in [0, 0.1) is 0 Å². The van der Waals surface area contributed by atoms with Crippen LogP contribution >= 0.6 is 12.4 Å². The lowest BCUT2D eigenvalue weighted by atomic mass is 10.2. The van der Waals surface area contributed by atoms with E-state index in [1.807, 2.05) is 18.4 Å². The lowest BCUT2D eigenvalue weighted by molar-refractivity contribution is 0.243. The molecule has 2 unspecified atom stereocenters. The van der Waals surface area contributed by atoms with Gasteiger partial charge in [0.05, 0.1) is 6.20 Å². The van der Waals surface area contributed by atoms with E-state index in [1.54, 1.807) is 4.31 Å². The van der Waals surface area contributed by atoms with Crippen LogP contribution in [-0.4, -0.2) is 47.4 Å². The van der Waals surface area contributed by atoms with Crippen LogP contribution in [0.4, 0.5) is 0 Å². The van der Waals surface area contributed by atoms with Crippen molar-refractivity contribution in [2.45, 2.75) is 50.3 Å². The molecule has 114 valence electrons. The van der Waals surface area contributed by atoms with E-state index in [1.165, 1.54) is 6.20 Å². The number of hydrogen-bond acceptors (Lipinski definition) is 4. The summed E-state index contributed by atoms with van der Waals surface area (Å²) in [7, 11) is -3.43. The molecular weight excluding hydrogens is 300 g/mol. The Morgan fingerprint density at radius 3 is 2.90 bits per heavy atom. The van der Waals surface area contributed by atoms with Crippen molar-refractivity contribution in [1.29, 1.82) is 0 Å². The second-order valence-electron chi connectivity index (χ2n) is 5.50. The van der Waals surface area contributed by atoms with E-state index in [0.717, 1.165) is 25.2 Å². The number of nitrogens with one attached hydrogen (secondary N) is 1. The zero-order valence-electron chi connectivity index (χ0n) is 11.7. The first kappa shape index (κ1) is 15.8. The first-order valence-electron chi connectivity index (χ1n) is 6.80. The Morgan fingerprint density at radius 1 is 1.40 bits per heavy atom. The van der Waals surface area contributed by atoms with Crippen LogP contribution in [-0.2, 0) is 23.0 Å². The second kappa shape index (κ2) is 5.63. The highest BCUT2D eigenvalue weighted by atomic mass is 35.5. The largest absolute Gasteiger partial charge is 0.318 e.